The molecule has 142 valence electrons. The molecule has 1 aliphatic carbocycles. The summed E-state index contributed by atoms with van der Waals surface area (Å²) in [6, 6.07) is 3.89. The number of nitrogens with zero attached hydrogens (tertiary/aromatic N) is 2. The minimum atomic E-state index is -4.45. The molecule has 26 heavy (non-hydrogen) atoms. The number of amides is 2. The number of pyridine rings is 1. The van der Waals surface area contributed by atoms with Gasteiger partial charge in [0, 0.05) is 36.7 Å². The molecular formula is C19H24F3N3O. The van der Waals surface area contributed by atoms with Crippen molar-refractivity contribution in [2.75, 3.05) is 13.1 Å². The second-order valence-corrected chi connectivity index (χ2v) is 7.55. The van der Waals surface area contributed by atoms with Crippen molar-refractivity contribution in [1.29, 1.82) is 0 Å². The number of nitrogens with one attached hydrogen (secondary N) is 1. The molecular weight excluding hydrogens is 343 g/mol. The smallest absolute Gasteiger partial charge is 0.338 e. The van der Waals surface area contributed by atoms with E-state index in [2.05, 4.69) is 36.3 Å². The maximum absolute atomic E-state index is 12.7. The number of aromatic nitrogens is 1. The Bertz CT molecular complexity index is 692. The summed E-state index contributed by atoms with van der Waals surface area (Å²) in [5.74, 6) is 0.361. The number of carbonyl (C=O) groups is 1. The molecule has 0 aromatic carbocycles. The number of rotatable bonds is 4. The third kappa shape index (κ3) is 3.57. The van der Waals surface area contributed by atoms with Crippen molar-refractivity contribution in [3.05, 3.63) is 41.7 Å². The van der Waals surface area contributed by atoms with Gasteiger partial charge in [-0.05, 0) is 30.9 Å². The van der Waals surface area contributed by atoms with Crippen molar-refractivity contribution < 1.29 is 18.0 Å². The predicted octanol–water partition coefficient (Wildman–Crippen LogP) is 4.03. The van der Waals surface area contributed by atoms with Gasteiger partial charge in [-0.2, -0.15) is 13.2 Å². The molecule has 0 saturated carbocycles. The van der Waals surface area contributed by atoms with Gasteiger partial charge < -0.3 is 10.2 Å². The molecule has 7 heteroatoms. The molecule has 2 heterocycles. The first-order chi connectivity index (χ1) is 12.2. The summed E-state index contributed by atoms with van der Waals surface area (Å²) in [7, 11) is 0. The number of hydrogen-bond donors (Lipinski definition) is 1. The van der Waals surface area contributed by atoms with Crippen molar-refractivity contribution >= 4 is 6.03 Å². The van der Waals surface area contributed by atoms with Crippen LogP contribution in [-0.4, -0.2) is 35.0 Å². The molecule has 1 saturated heterocycles. The maximum Gasteiger partial charge on any atom is 0.433 e. The number of likely N-dealkylation sites (tertiary alicyclic amines) is 1. The Balaban J connectivity index is 1.53. The van der Waals surface area contributed by atoms with Crippen molar-refractivity contribution in [1.82, 2.24) is 15.2 Å². The van der Waals surface area contributed by atoms with Crippen molar-refractivity contribution in [3.8, 4) is 0 Å². The lowest BCUT2D eigenvalue weighted by Crippen LogP contribution is -2.69. The molecule has 1 fully saturated rings. The lowest BCUT2D eigenvalue weighted by atomic mass is 9.65. The largest absolute Gasteiger partial charge is 0.433 e. The van der Waals surface area contributed by atoms with E-state index >= 15 is 0 Å². The average Bonchev–Trinajstić information content (AvgIpc) is 3.03. The van der Waals surface area contributed by atoms with Gasteiger partial charge in [-0.25, -0.2) is 9.78 Å². The van der Waals surface area contributed by atoms with Crippen LogP contribution in [0.2, 0.25) is 0 Å². The predicted molar refractivity (Wildman–Crippen MR) is 92.5 cm³/mol. The van der Waals surface area contributed by atoms with E-state index in [0.29, 0.717) is 11.6 Å². The first-order valence-corrected chi connectivity index (χ1v) is 8.95. The van der Waals surface area contributed by atoms with Crippen LogP contribution in [0.25, 0.3) is 0 Å². The van der Waals surface area contributed by atoms with Crippen LogP contribution in [0, 0.1) is 11.3 Å². The summed E-state index contributed by atoms with van der Waals surface area (Å²) in [4.78, 5) is 18.0. The third-order valence-electron chi connectivity index (χ3n) is 5.31. The zero-order valence-corrected chi connectivity index (χ0v) is 15.0. The van der Waals surface area contributed by atoms with Crippen LogP contribution in [0.15, 0.2) is 30.4 Å². The highest BCUT2D eigenvalue weighted by molar-refractivity contribution is 5.76. The Labute approximate surface area is 151 Å². The van der Waals surface area contributed by atoms with E-state index in [0.717, 1.165) is 25.5 Å². The monoisotopic (exact) mass is 367 g/mol. The van der Waals surface area contributed by atoms with E-state index in [1.165, 1.54) is 6.07 Å². The number of hydrogen-bond acceptors (Lipinski definition) is 2. The van der Waals surface area contributed by atoms with Crippen molar-refractivity contribution in [2.24, 2.45) is 11.3 Å². The van der Waals surface area contributed by atoms with Gasteiger partial charge in [0.05, 0.1) is 0 Å². The van der Waals surface area contributed by atoms with E-state index in [9.17, 15) is 18.0 Å². The maximum atomic E-state index is 12.7. The Morgan fingerprint density at radius 3 is 2.65 bits per heavy atom. The van der Waals surface area contributed by atoms with Crippen LogP contribution in [0.4, 0.5) is 18.0 Å². The fourth-order valence-corrected chi connectivity index (χ4v) is 4.28. The number of carbonyl (C=O) groups excluding carboxylic acids is 1. The summed E-state index contributed by atoms with van der Waals surface area (Å²) in [5.41, 5.74) is -0.408. The van der Waals surface area contributed by atoms with E-state index in [1.807, 2.05) is 4.90 Å². The Morgan fingerprint density at radius 1 is 1.35 bits per heavy atom. The quantitative estimate of drug-likeness (QED) is 0.817. The number of halogens is 3. The van der Waals surface area contributed by atoms with Crippen molar-refractivity contribution in [2.45, 2.75) is 45.3 Å². The van der Waals surface area contributed by atoms with Crippen molar-refractivity contribution in [3.63, 3.8) is 0 Å². The van der Waals surface area contributed by atoms with Gasteiger partial charge in [-0.1, -0.05) is 32.1 Å². The van der Waals surface area contributed by atoms with Gasteiger partial charge in [0.2, 0.25) is 0 Å². The minimum absolute atomic E-state index is 0.145. The summed E-state index contributed by atoms with van der Waals surface area (Å²) in [6.45, 7) is 5.24. The summed E-state index contributed by atoms with van der Waals surface area (Å²) < 4.78 is 38.1. The number of urea groups is 1. The second-order valence-electron chi connectivity index (χ2n) is 7.55. The second kappa shape index (κ2) is 6.93. The van der Waals surface area contributed by atoms with Crippen LogP contribution < -0.4 is 5.32 Å². The van der Waals surface area contributed by atoms with Crippen LogP contribution in [0.5, 0.6) is 0 Å². The van der Waals surface area contributed by atoms with Gasteiger partial charge >= 0.3 is 12.2 Å². The molecule has 1 atom stereocenters. The molecule has 1 spiro atoms. The van der Waals surface area contributed by atoms with Crippen LogP contribution >= 0.6 is 0 Å². The lowest BCUT2D eigenvalue weighted by molar-refractivity contribution is -0.141. The molecule has 1 aromatic heterocycles. The average molecular weight is 367 g/mol. The van der Waals surface area contributed by atoms with E-state index in [4.69, 9.17) is 0 Å². The fraction of sp³-hybridized carbons (Fsp3) is 0.579. The topological polar surface area (TPSA) is 45.2 Å². The first-order valence-electron chi connectivity index (χ1n) is 8.95. The Kier molecular flexibility index (Phi) is 4.99. The SMILES string of the molecule is CC(C)[C@@H]1N(C(=O)NCCc2cccc(C(F)(F)F)n2)CC12CC=CC2. The summed E-state index contributed by atoms with van der Waals surface area (Å²) >= 11 is 0. The minimum Gasteiger partial charge on any atom is -0.338 e. The highest BCUT2D eigenvalue weighted by atomic mass is 19.4. The van der Waals surface area contributed by atoms with Gasteiger partial charge in [-0.3, -0.25) is 0 Å². The fourth-order valence-electron chi connectivity index (χ4n) is 4.28. The molecule has 1 N–H and O–H groups in total. The first kappa shape index (κ1) is 18.7. The standard InChI is InChI=1S/C19H24F3N3O/c1-13(2)16-18(9-3-4-10-18)12-25(16)17(26)23-11-8-14-6-5-7-15(24-14)19(20,21)22/h3-7,13,16H,8-12H2,1-2H3,(H,23,26)/t16-/m0/s1. The zero-order valence-electron chi connectivity index (χ0n) is 15.0. The van der Waals surface area contributed by atoms with Crippen LogP contribution in [0.1, 0.15) is 38.1 Å². The Hall–Kier alpha value is -2.05. The Morgan fingerprint density at radius 2 is 2.04 bits per heavy atom. The normalized spacial score (nSPS) is 21.3. The van der Waals surface area contributed by atoms with Gasteiger partial charge in [0.15, 0.2) is 0 Å². The van der Waals surface area contributed by atoms with E-state index < -0.39 is 11.9 Å². The van der Waals surface area contributed by atoms with Crippen LogP contribution in [-0.2, 0) is 12.6 Å². The number of alkyl halides is 3. The highest BCUT2D eigenvalue weighted by Gasteiger charge is 2.55. The van der Waals surface area contributed by atoms with Gasteiger partial charge in [0.1, 0.15) is 5.69 Å². The molecule has 2 amide bonds. The summed E-state index contributed by atoms with van der Waals surface area (Å²) in [5, 5.41) is 2.83. The van der Waals surface area contributed by atoms with Gasteiger partial charge in [0.25, 0.3) is 0 Å². The molecule has 0 radical (unpaired) electrons. The summed E-state index contributed by atoms with van der Waals surface area (Å²) in [6.07, 6.45) is 2.20. The molecule has 3 rings (SSSR count). The molecule has 0 unspecified atom stereocenters. The van der Waals surface area contributed by atoms with Gasteiger partial charge in [-0.15, -0.1) is 0 Å². The molecule has 4 nitrogen and oxygen atoms in total. The zero-order chi connectivity index (χ0) is 18.9. The molecule has 1 aliphatic heterocycles. The number of allylic oxidation sites excluding steroid dienone is 2. The van der Waals surface area contributed by atoms with Crippen LogP contribution in [0.3, 0.4) is 0 Å². The highest BCUT2D eigenvalue weighted by Crippen LogP contribution is 2.50. The lowest BCUT2D eigenvalue weighted by Gasteiger charge is -2.58. The third-order valence-corrected chi connectivity index (χ3v) is 5.31. The van der Waals surface area contributed by atoms with E-state index in [1.54, 1.807) is 6.07 Å². The molecule has 1 aromatic rings. The van der Waals surface area contributed by atoms with E-state index in [-0.39, 0.29) is 30.5 Å². The molecule has 2 aliphatic rings. The molecule has 0 bridgehead atoms.